The van der Waals surface area contributed by atoms with Gasteiger partial charge >= 0.3 is 5.97 Å². The lowest BCUT2D eigenvalue weighted by Crippen LogP contribution is -2.15. The molecular weight excluding hydrogens is 302 g/mol. The van der Waals surface area contributed by atoms with E-state index in [1.807, 2.05) is 35.7 Å². The minimum atomic E-state index is -0.446. The summed E-state index contributed by atoms with van der Waals surface area (Å²) in [6.07, 6.45) is 1.68. The molecule has 110 valence electrons. The van der Waals surface area contributed by atoms with E-state index < -0.39 is 5.97 Å². The van der Waals surface area contributed by atoms with Crippen molar-refractivity contribution in [3.63, 3.8) is 0 Å². The smallest absolute Gasteiger partial charge is 0.363 e. The molecule has 22 heavy (non-hydrogen) atoms. The van der Waals surface area contributed by atoms with Crippen molar-refractivity contribution in [3.05, 3.63) is 51.8 Å². The van der Waals surface area contributed by atoms with Gasteiger partial charge in [0.15, 0.2) is 17.2 Å². The van der Waals surface area contributed by atoms with Crippen molar-refractivity contribution in [2.24, 2.45) is 4.99 Å². The minimum absolute atomic E-state index is 0.278. The number of hydrogen-bond acceptors (Lipinski definition) is 6. The van der Waals surface area contributed by atoms with Crippen LogP contribution in [0.5, 0.6) is 11.5 Å². The van der Waals surface area contributed by atoms with Crippen LogP contribution >= 0.6 is 11.3 Å². The van der Waals surface area contributed by atoms with Gasteiger partial charge in [-0.15, -0.1) is 11.3 Å². The van der Waals surface area contributed by atoms with E-state index in [-0.39, 0.29) is 5.70 Å². The van der Waals surface area contributed by atoms with Crippen molar-refractivity contribution in [2.45, 2.75) is 0 Å². The normalized spacial score (nSPS) is 18.3. The third-order valence-corrected chi connectivity index (χ3v) is 4.08. The number of rotatable bonds is 2. The topological polar surface area (TPSA) is 57.1 Å². The monoisotopic (exact) mass is 313 g/mol. The Morgan fingerprint density at radius 1 is 1.14 bits per heavy atom. The molecule has 0 unspecified atom stereocenters. The maximum atomic E-state index is 11.9. The number of benzene rings is 1. The fraction of sp³-hybridized carbons (Fsp3) is 0.125. The number of esters is 1. The molecule has 0 saturated heterocycles. The molecule has 4 rings (SSSR count). The molecule has 2 aliphatic heterocycles. The number of nitrogens with zero attached hydrogens (tertiary/aromatic N) is 1. The first-order valence-electron chi connectivity index (χ1n) is 6.76. The van der Waals surface area contributed by atoms with Gasteiger partial charge in [-0.1, -0.05) is 12.1 Å². The molecular formula is C16H11NO4S. The quantitative estimate of drug-likeness (QED) is 0.632. The molecule has 5 nitrogen and oxygen atoms in total. The zero-order chi connectivity index (χ0) is 14.9. The summed E-state index contributed by atoms with van der Waals surface area (Å²) in [5.74, 6) is 1.29. The van der Waals surface area contributed by atoms with Crippen molar-refractivity contribution in [2.75, 3.05) is 13.2 Å². The van der Waals surface area contributed by atoms with Crippen LogP contribution in [0.15, 0.2) is 46.4 Å². The molecule has 0 amide bonds. The standard InChI is InChI=1S/C16H11NO4S/c18-16-11(17-15(21-16)14-2-1-7-22-14)8-10-3-4-12-13(9-10)20-6-5-19-12/h1-4,7-9H,5-6H2/b11-8-. The Hall–Kier alpha value is -2.60. The van der Waals surface area contributed by atoms with Crippen molar-refractivity contribution >= 4 is 29.3 Å². The highest BCUT2D eigenvalue weighted by Gasteiger charge is 2.24. The van der Waals surface area contributed by atoms with E-state index in [0.717, 1.165) is 10.4 Å². The number of carbonyl (C=O) groups excluding carboxylic acids is 1. The summed E-state index contributed by atoms with van der Waals surface area (Å²) in [5.41, 5.74) is 1.09. The van der Waals surface area contributed by atoms with Crippen molar-refractivity contribution in [1.29, 1.82) is 0 Å². The molecule has 3 heterocycles. The Kier molecular flexibility index (Phi) is 3.16. The summed E-state index contributed by atoms with van der Waals surface area (Å²) in [7, 11) is 0. The summed E-state index contributed by atoms with van der Waals surface area (Å²) in [5, 5.41) is 1.91. The molecule has 6 heteroatoms. The lowest BCUT2D eigenvalue weighted by Gasteiger charge is -2.18. The van der Waals surface area contributed by atoms with Gasteiger partial charge in [-0.2, -0.15) is 0 Å². The molecule has 2 aliphatic rings. The van der Waals surface area contributed by atoms with E-state index in [1.54, 1.807) is 6.08 Å². The zero-order valence-electron chi connectivity index (χ0n) is 11.4. The van der Waals surface area contributed by atoms with E-state index >= 15 is 0 Å². The molecule has 0 saturated carbocycles. The summed E-state index contributed by atoms with van der Waals surface area (Å²) < 4.78 is 16.2. The number of aliphatic imine (C=N–C) groups is 1. The van der Waals surface area contributed by atoms with Crippen LogP contribution in [0.1, 0.15) is 10.4 Å². The molecule has 0 spiro atoms. The van der Waals surface area contributed by atoms with Gasteiger partial charge in [0.05, 0.1) is 4.88 Å². The first-order valence-corrected chi connectivity index (χ1v) is 7.64. The zero-order valence-corrected chi connectivity index (χ0v) is 12.3. The van der Waals surface area contributed by atoms with E-state index in [4.69, 9.17) is 14.2 Å². The minimum Gasteiger partial charge on any atom is -0.486 e. The van der Waals surface area contributed by atoms with E-state index in [0.29, 0.717) is 30.6 Å². The van der Waals surface area contributed by atoms with E-state index in [2.05, 4.69) is 4.99 Å². The summed E-state index contributed by atoms with van der Waals surface area (Å²) in [6, 6.07) is 9.26. The Labute approximate surface area is 130 Å². The average molecular weight is 313 g/mol. The fourth-order valence-electron chi connectivity index (χ4n) is 2.22. The van der Waals surface area contributed by atoms with E-state index in [1.165, 1.54) is 11.3 Å². The molecule has 0 N–H and O–H groups in total. The second-order valence-electron chi connectivity index (χ2n) is 4.72. The summed E-state index contributed by atoms with van der Waals surface area (Å²) >= 11 is 1.48. The molecule has 2 aromatic rings. The van der Waals surface area contributed by atoms with Crippen LogP contribution in [0.2, 0.25) is 0 Å². The number of thiophene rings is 1. The van der Waals surface area contributed by atoms with Crippen LogP contribution in [0.25, 0.3) is 6.08 Å². The second kappa shape index (κ2) is 5.31. The van der Waals surface area contributed by atoms with Gasteiger partial charge in [-0.3, -0.25) is 0 Å². The number of carbonyl (C=O) groups is 1. The van der Waals surface area contributed by atoms with Crippen molar-refractivity contribution in [3.8, 4) is 11.5 Å². The average Bonchev–Trinajstić information content (AvgIpc) is 3.18. The molecule has 0 aliphatic carbocycles. The van der Waals surface area contributed by atoms with E-state index in [9.17, 15) is 4.79 Å². The number of hydrogen-bond donors (Lipinski definition) is 0. The SMILES string of the molecule is O=C1OC(c2cccs2)=N/C1=C\c1ccc2c(c1)OCCO2. The Morgan fingerprint density at radius 3 is 2.82 bits per heavy atom. The lowest BCUT2D eigenvalue weighted by atomic mass is 10.1. The van der Waals surface area contributed by atoms with Gasteiger partial charge in [-0.25, -0.2) is 9.79 Å². The largest absolute Gasteiger partial charge is 0.486 e. The molecule has 0 atom stereocenters. The first kappa shape index (κ1) is 13.1. The predicted octanol–water partition coefficient (Wildman–Crippen LogP) is 2.86. The fourth-order valence-corrected chi connectivity index (χ4v) is 2.87. The Morgan fingerprint density at radius 2 is 2.00 bits per heavy atom. The van der Waals surface area contributed by atoms with Crippen LogP contribution in [0.3, 0.4) is 0 Å². The molecule has 0 bridgehead atoms. The lowest BCUT2D eigenvalue weighted by molar-refractivity contribution is -0.129. The molecule has 1 aromatic heterocycles. The van der Waals surface area contributed by atoms with Gasteiger partial charge < -0.3 is 14.2 Å². The molecule has 1 aromatic carbocycles. The van der Waals surface area contributed by atoms with Gasteiger partial charge in [-0.05, 0) is 35.2 Å². The van der Waals surface area contributed by atoms with Gasteiger partial charge in [0.1, 0.15) is 13.2 Å². The summed E-state index contributed by atoms with van der Waals surface area (Å²) in [4.78, 5) is 17.0. The Balaban J connectivity index is 1.66. The van der Waals surface area contributed by atoms with Crippen LogP contribution < -0.4 is 9.47 Å². The highest BCUT2D eigenvalue weighted by Crippen LogP contribution is 2.32. The number of fused-ring (bicyclic) bond motifs is 1. The van der Waals surface area contributed by atoms with Crippen molar-refractivity contribution in [1.82, 2.24) is 0 Å². The third kappa shape index (κ3) is 2.37. The van der Waals surface area contributed by atoms with Gasteiger partial charge in [0, 0.05) is 0 Å². The van der Waals surface area contributed by atoms with Gasteiger partial charge in [0.25, 0.3) is 0 Å². The van der Waals surface area contributed by atoms with Crippen LogP contribution in [-0.4, -0.2) is 25.1 Å². The maximum absolute atomic E-state index is 11.9. The predicted molar refractivity (Wildman–Crippen MR) is 82.4 cm³/mol. The Bertz CT molecular complexity index is 792. The highest BCUT2D eigenvalue weighted by molar-refractivity contribution is 7.12. The highest BCUT2D eigenvalue weighted by atomic mass is 32.1. The summed E-state index contributed by atoms with van der Waals surface area (Å²) in [6.45, 7) is 1.07. The second-order valence-corrected chi connectivity index (χ2v) is 5.66. The van der Waals surface area contributed by atoms with Crippen LogP contribution in [0, 0.1) is 0 Å². The third-order valence-electron chi connectivity index (χ3n) is 3.22. The molecule has 0 radical (unpaired) electrons. The van der Waals surface area contributed by atoms with Crippen LogP contribution in [0.4, 0.5) is 0 Å². The van der Waals surface area contributed by atoms with Crippen LogP contribution in [-0.2, 0) is 9.53 Å². The van der Waals surface area contributed by atoms with Gasteiger partial charge in [0.2, 0.25) is 5.90 Å². The first-order chi connectivity index (χ1) is 10.8. The number of cyclic esters (lactones) is 1. The maximum Gasteiger partial charge on any atom is 0.363 e. The number of ether oxygens (including phenoxy) is 3. The van der Waals surface area contributed by atoms with Crippen molar-refractivity contribution < 1.29 is 19.0 Å². The molecule has 0 fully saturated rings.